The Balaban J connectivity index is 1.60. The maximum Gasteiger partial charge on any atom is 0.234 e. The first kappa shape index (κ1) is 21.1. The van der Waals surface area contributed by atoms with E-state index in [1.54, 1.807) is 12.1 Å². The van der Waals surface area contributed by atoms with Crippen LogP contribution in [-0.4, -0.2) is 26.4 Å². The number of aryl methyl sites for hydroxylation is 1. The van der Waals surface area contributed by atoms with Crippen LogP contribution in [0.25, 0.3) is 17.1 Å². The van der Waals surface area contributed by atoms with Crippen LogP contribution >= 0.6 is 23.4 Å². The Morgan fingerprint density at radius 1 is 1.06 bits per heavy atom. The average Bonchev–Trinajstić information content (AvgIpc) is 3.18. The van der Waals surface area contributed by atoms with Crippen molar-refractivity contribution < 1.29 is 9.18 Å². The molecule has 31 heavy (non-hydrogen) atoms. The smallest absolute Gasteiger partial charge is 0.234 e. The van der Waals surface area contributed by atoms with Crippen LogP contribution in [0.5, 0.6) is 0 Å². The quantitative estimate of drug-likeness (QED) is 0.377. The third kappa shape index (κ3) is 5.13. The second-order valence-corrected chi connectivity index (χ2v) is 8.21. The van der Waals surface area contributed by atoms with E-state index in [0.29, 0.717) is 21.7 Å². The van der Waals surface area contributed by atoms with E-state index in [4.69, 9.17) is 11.6 Å². The van der Waals surface area contributed by atoms with Crippen molar-refractivity contribution in [1.82, 2.24) is 14.8 Å². The van der Waals surface area contributed by atoms with Crippen LogP contribution in [0.2, 0.25) is 5.02 Å². The molecule has 0 fully saturated rings. The number of halogens is 2. The van der Waals surface area contributed by atoms with Crippen LogP contribution in [-0.2, 0) is 4.79 Å². The molecule has 0 aliphatic heterocycles. The van der Waals surface area contributed by atoms with Crippen molar-refractivity contribution in [2.75, 3.05) is 11.1 Å². The van der Waals surface area contributed by atoms with Gasteiger partial charge in [0.25, 0.3) is 0 Å². The van der Waals surface area contributed by atoms with E-state index in [1.807, 2.05) is 47.9 Å². The van der Waals surface area contributed by atoms with Gasteiger partial charge in [-0.1, -0.05) is 35.5 Å². The summed E-state index contributed by atoms with van der Waals surface area (Å²) in [7, 11) is 0. The van der Waals surface area contributed by atoms with Crippen LogP contribution < -0.4 is 5.32 Å². The number of carbonyl (C=O) groups excluding carboxylic acids is 1. The maximum atomic E-state index is 13.0. The number of nitrogens with one attached hydrogen (secondary N) is 1. The summed E-state index contributed by atoms with van der Waals surface area (Å²) in [6.45, 7) is 2.01. The van der Waals surface area contributed by atoms with Crippen molar-refractivity contribution in [2.24, 2.45) is 0 Å². The predicted molar refractivity (Wildman–Crippen MR) is 122 cm³/mol. The number of benzene rings is 3. The number of hydrogen-bond acceptors (Lipinski definition) is 4. The van der Waals surface area contributed by atoms with E-state index in [9.17, 15) is 9.18 Å². The maximum absolute atomic E-state index is 13.0. The normalized spacial score (nSPS) is 10.8. The zero-order valence-electron chi connectivity index (χ0n) is 16.5. The Morgan fingerprint density at radius 2 is 1.81 bits per heavy atom. The fourth-order valence-corrected chi connectivity index (χ4v) is 3.89. The van der Waals surface area contributed by atoms with Gasteiger partial charge in [0, 0.05) is 22.0 Å². The summed E-state index contributed by atoms with van der Waals surface area (Å²) >= 11 is 7.30. The minimum Gasteiger partial charge on any atom is -0.325 e. The molecule has 8 heteroatoms. The van der Waals surface area contributed by atoms with Crippen LogP contribution in [0.4, 0.5) is 10.1 Å². The molecule has 156 valence electrons. The van der Waals surface area contributed by atoms with Gasteiger partial charge in [0.15, 0.2) is 11.0 Å². The molecule has 0 unspecified atom stereocenters. The zero-order valence-corrected chi connectivity index (χ0v) is 18.1. The first-order chi connectivity index (χ1) is 15.0. The molecule has 4 aromatic rings. The van der Waals surface area contributed by atoms with Gasteiger partial charge < -0.3 is 5.32 Å². The van der Waals surface area contributed by atoms with Crippen LogP contribution in [0, 0.1) is 12.7 Å². The lowest BCUT2D eigenvalue weighted by molar-refractivity contribution is -0.113. The standard InChI is InChI=1S/C23H18ClFN4OS/c1-15-3-2-4-20(13-15)29-22(16-5-7-17(24)8-6-16)27-28-23(29)31-14-21(30)26-19-11-9-18(25)10-12-19/h2-13H,14H2,1H3,(H,26,30). The van der Waals surface area contributed by atoms with Crippen molar-refractivity contribution >= 4 is 35.0 Å². The lowest BCUT2D eigenvalue weighted by Gasteiger charge is -2.11. The number of aromatic nitrogens is 3. The predicted octanol–water partition coefficient (Wildman–Crippen LogP) is 5.77. The van der Waals surface area contributed by atoms with E-state index >= 15 is 0 Å². The number of carbonyl (C=O) groups is 1. The Bertz CT molecular complexity index is 1210. The second kappa shape index (κ2) is 9.32. The molecule has 0 spiro atoms. The van der Waals surface area contributed by atoms with Gasteiger partial charge in [-0.05, 0) is 73.2 Å². The van der Waals surface area contributed by atoms with Crippen LogP contribution in [0.15, 0.2) is 78.0 Å². The summed E-state index contributed by atoms with van der Waals surface area (Å²) in [4.78, 5) is 12.4. The number of thioether (sulfide) groups is 1. The molecule has 3 aromatic carbocycles. The molecule has 1 amide bonds. The summed E-state index contributed by atoms with van der Waals surface area (Å²) in [6, 6.07) is 21.0. The van der Waals surface area contributed by atoms with Gasteiger partial charge in [0.2, 0.25) is 5.91 Å². The SMILES string of the molecule is Cc1cccc(-n2c(SCC(=O)Nc3ccc(F)cc3)nnc2-c2ccc(Cl)cc2)c1. The summed E-state index contributed by atoms with van der Waals surface area (Å²) in [5.74, 6) is 0.211. The molecule has 1 aromatic heterocycles. The molecule has 0 bridgehead atoms. The summed E-state index contributed by atoms with van der Waals surface area (Å²) in [5.41, 5.74) is 3.39. The molecule has 4 rings (SSSR count). The second-order valence-electron chi connectivity index (χ2n) is 6.83. The molecule has 0 radical (unpaired) electrons. The molecule has 0 aliphatic carbocycles. The van der Waals surface area contributed by atoms with Crippen molar-refractivity contribution in [1.29, 1.82) is 0 Å². The van der Waals surface area contributed by atoms with Gasteiger partial charge in [-0.3, -0.25) is 9.36 Å². The van der Waals surface area contributed by atoms with E-state index in [-0.39, 0.29) is 17.5 Å². The molecular weight excluding hydrogens is 435 g/mol. The Morgan fingerprint density at radius 3 is 2.52 bits per heavy atom. The zero-order chi connectivity index (χ0) is 21.8. The van der Waals surface area contributed by atoms with Crippen LogP contribution in [0.1, 0.15) is 5.56 Å². The van der Waals surface area contributed by atoms with Gasteiger partial charge >= 0.3 is 0 Å². The van der Waals surface area contributed by atoms with Crippen molar-refractivity contribution in [3.8, 4) is 17.1 Å². The lowest BCUT2D eigenvalue weighted by atomic mass is 10.2. The summed E-state index contributed by atoms with van der Waals surface area (Å²) < 4.78 is 15.0. The highest BCUT2D eigenvalue weighted by atomic mass is 35.5. The van der Waals surface area contributed by atoms with Crippen molar-refractivity contribution in [3.63, 3.8) is 0 Å². The molecule has 0 aliphatic rings. The largest absolute Gasteiger partial charge is 0.325 e. The number of hydrogen-bond donors (Lipinski definition) is 1. The number of anilines is 1. The van der Waals surface area contributed by atoms with Crippen molar-refractivity contribution in [2.45, 2.75) is 12.1 Å². The molecule has 5 nitrogen and oxygen atoms in total. The lowest BCUT2D eigenvalue weighted by Crippen LogP contribution is -2.14. The number of rotatable bonds is 6. The Labute approximate surface area is 188 Å². The highest BCUT2D eigenvalue weighted by Gasteiger charge is 2.17. The number of nitrogens with zero attached hydrogens (tertiary/aromatic N) is 3. The molecule has 0 saturated heterocycles. The number of amides is 1. The Kier molecular flexibility index (Phi) is 6.34. The van der Waals surface area contributed by atoms with Gasteiger partial charge in [0.05, 0.1) is 5.75 Å². The van der Waals surface area contributed by atoms with E-state index in [0.717, 1.165) is 16.8 Å². The van der Waals surface area contributed by atoms with Gasteiger partial charge in [-0.25, -0.2) is 4.39 Å². The van der Waals surface area contributed by atoms with Gasteiger partial charge in [0.1, 0.15) is 5.82 Å². The topological polar surface area (TPSA) is 59.8 Å². The Hall–Kier alpha value is -3.16. The van der Waals surface area contributed by atoms with E-state index < -0.39 is 0 Å². The molecule has 0 saturated carbocycles. The van der Waals surface area contributed by atoms with Gasteiger partial charge in [-0.15, -0.1) is 10.2 Å². The van der Waals surface area contributed by atoms with E-state index in [2.05, 4.69) is 15.5 Å². The highest BCUT2D eigenvalue weighted by molar-refractivity contribution is 7.99. The molecular formula is C23H18ClFN4OS. The van der Waals surface area contributed by atoms with Crippen LogP contribution in [0.3, 0.4) is 0 Å². The minimum absolute atomic E-state index is 0.127. The molecule has 1 heterocycles. The van der Waals surface area contributed by atoms with Gasteiger partial charge in [-0.2, -0.15) is 0 Å². The fraction of sp³-hybridized carbons (Fsp3) is 0.0870. The average molecular weight is 453 g/mol. The molecule has 0 atom stereocenters. The minimum atomic E-state index is -0.353. The monoisotopic (exact) mass is 452 g/mol. The highest BCUT2D eigenvalue weighted by Crippen LogP contribution is 2.29. The first-order valence-corrected chi connectivity index (χ1v) is 10.8. The molecule has 1 N–H and O–H groups in total. The van der Waals surface area contributed by atoms with Crippen molar-refractivity contribution in [3.05, 3.63) is 89.2 Å². The third-order valence-electron chi connectivity index (χ3n) is 4.46. The fourth-order valence-electron chi connectivity index (χ4n) is 3.01. The summed E-state index contributed by atoms with van der Waals surface area (Å²) in [6.07, 6.45) is 0. The first-order valence-electron chi connectivity index (χ1n) is 9.46. The summed E-state index contributed by atoms with van der Waals surface area (Å²) in [5, 5.41) is 12.7. The van der Waals surface area contributed by atoms with E-state index in [1.165, 1.54) is 36.0 Å². The third-order valence-corrected chi connectivity index (χ3v) is 5.64.